The van der Waals surface area contributed by atoms with Gasteiger partial charge in [0.1, 0.15) is 11.4 Å². The largest absolute Gasteiger partial charge is 0.477 e. The van der Waals surface area contributed by atoms with Crippen LogP contribution in [0.25, 0.3) is 10.4 Å². The van der Waals surface area contributed by atoms with Crippen LogP contribution in [-0.4, -0.2) is 26.9 Å². The maximum Gasteiger partial charge on any atom is 0.354 e. The Morgan fingerprint density at radius 1 is 1.23 bits per heavy atom. The van der Waals surface area contributed by atoms with Crippen LogP contribution in [0.15, 0.2) is 60.1 Å². The molecule has 0 radical (unpaired) electrons. The summed E-state index contributed by atoms with van der Waals surface area (Å²) in [5.74, 6) is -0.239. The maximum atomic E-state index is 10.8. The van der Waals surface area contributed by atoms with Crippen LogP contribution in [0.4, 0.5) is 0 Å². The molecule has 4 heterocycles. The summed E-state index contributed by atoms with van der Waals surface area (Å²) in [5, 5.41) is 12.8. The highest BCUT2D eigenvalue weighted by Crippen LogP contribution is 2.36. The van der Waals surface area contributed by atoms with E-state index in [1.54, 1.807) is 17.5 Å². The van der Waals surface area contributed by atoms with E-state index in [0.29, 0.717) is 18.1 Å². The summed E-state index contributed by atoms with van der Waals surface area (Å²) in [4.78, 5) is 26.4. The van der Waals surface area contributed by atoms with Crippen molar-refractivity contribution in [1.82, 2.24) is 9.97 Å². The van der Waals surface area contributed by atoms with Gasteiger partial charge in [-0.2, -0.15) is 0 Å². The van der Waals surface area contributed by atoms with Gasteiger partial charge in [-0.05, 0) is 30.3 Å². The minimum absolute atomic E-state index is 0.0404. The molecule has 0 unspecified atom stereocenters. The van der Waals surface area contributed by atoms with Gasteiger partial charge in [-0.25, -0.2) is 9.78 Å². The number of aromatic nitrogens is 2. The standard InChI is InChI=1S/C18H13N3O4S/c22-18(23)13-4-3-12(10-20-13)24-17-8-14(25-21-17)16-6-5-15(26-16)11-2-1-7-19-9-11/h1-7,9-10,14H,8H2,(H,22,23)/t14-/m1/s1. The van der Waals surface area contributed by atoms with Crippen molar-refractivity contribution in [3.05, 3.63) is 65.6 Å². The third-order valence-electron chi connectivity index (χ3n) is 3.72. The van der Waals surface area contributed by atoms with E-state index >= 15 is 0 Å². The first-order chi connectivity index (χ1) is 12.7. The zero-order valence-corrected chi connectivity index (χ0v) is 14.2. The molecular weight excluding hydrogens is 354 g/mol. The van der Waals surface area contributed by atoms with Gasteiger partial charge in [-0.3, -0.25) is 4.98 Å². The van der Waals surface area contributed by atoms with Gasteiger partial charge in [0.25, 0.3) is 0 Å². The molecule has 1 aliphatic rings. The molecular formula is C18H13N3O4S. The number of hydrogen-bond acceptors (Lipinski definition) is 7. The van der Waals surface area contributed by atoms with Crippen LogP contribution in [0.2, 0.25) is 0 Å². The van der Waals surface area contributed by atoms with Gasteiger partial charge in [0.15, 0.2) is 6.10 Å². The van der Waals surface area contributed by atoms with Crippen molar-refractivity contribution in [2.45, 2.75) is 12.5 Å². The molecule has 1 aliphatic heterocycles. The predicted octanol–water partition coefficient (Wildman–Crippen LogP) is 3.76. The number of oxime groups is 1. The number of aromatic carboxylic acids is 1. The lowest BCUT2D eigenvalue weighted by Crippen LogP contribution is -2.07. The monoisotopic (exact) mass is 367 g/mol. The number of carbonyl (C=O) groups is 1. The molecule has 0 fully saturated rings. The lowest BCUT2D eigenvalue weighted by Gasteiger charge is -2.05. The molecule has 0 bridgehead atoms. The molecule has 3 aromatic rings. The van der Waals surface area contributed by atoms with Crippen LogP contribution in [-0.2, 0) is 4.84 Å². The zero-order valence-electron chi connectivity index (χ0n) is 13.4. The Labute approximate surface area is 152 Å². The molecule has 1 atom stereocenters. The van der Waals surface area contributed by atoms with Gasteiger partial charge in [0, 0.05) is 27.7 Å². The van der Waals surface area contributed by atoms with Crippen LogP contribution < -0.4 is 4.74 Å². The van der Waals surface area contributed by atoms with Crippen molar-refractivity contribution in [3.63, 3.8) is 0 Å². The van der Waals surface area contributed by atoms with Crippen LogP contribution >= 0.6 is 11.3 Å². The number of nitrogens with zero attached hydrogens (tertiary/aromatic N) is 3. The van der Waals surface area contributed by atoms with E-state index in [1.807, 2.05) is 30.5 Å². The number of rotatable bonds is 4. The Morgan fingerprint density at radius 3 is 2.88 bits per heavy atom. The van der Waals surface area contributed by atoms with E-state index in [9.17, 15) is 4.79 Å². The molecule has 7 nitrogen and oxygen atoms in total. The Balaban J connectivity index is 1.40. The van der Waals surface area contributed by atoms with E-state index in [-0.39, 0.29) is 11.8 Å². The molecule has 0 aromatic carbocycles. The number of carboxylic acid groups (broad SMARTS) is 1. The van der Waals surface area contributed by atoms with Crippen LogP contribution in [0.5, 0.6) is 5.75 Å². The average Bonchev–Trinajstić information content (AvgIpc) is 3.32. The molecule has 0 aliphatic carbocycles. The van der Waals surface area contributed by atoms with Crippen molar-refractivity contribution in [1.29, 1.82) is 0 Å². The molecule has 0 saturated carbocycles. The summed E-state index contributed by atoms with van der Waals surface area (Å²) < 4.78 is 5.62. The summed E-state index contributed by atoms with van der Waals surface area (Å²) >= 11 is 1.63. The quantitative estimate of drug-likeness (QED) is 0.755. The lowest BCUT2D eigenvalue weighted by atomic mass is 10.2. The van der Waals surface area contributed by atoms with Crippen LogP contribution in [0, 0.1) is 0 Å². The third-order valence-corrected chi connectivity index (χ3v) is 4.95. The van der Waals surface area contributed by atoms with Gasteiger partial charge in [-0.15, -0.1) is 11.3 Å². The summed E-state index contributed by atoms with van der Waals surface area (Å²) in [6.45, 7) is 0. The van der Waals surface area contributed by atoms with Gasteiger partial charge in [0.2, 0.25) is 5.90 Å². The normalized spacial score (nSPS) is 16.0. The molecule has 3 aromatic heterocycles. The Bertz CT molecular complexity index is 954. The minimum atomic E-state index is -1.08. The number of pyridine rings is 2. The molecule has 0 amide bonds. The first-order valence-electron chi connectivity index (χ1n) is 7.79. The molecule has 130 valence electrons. The highest BCUT2D eigenvalue weighted by atomic mass is 32.1. The minimum Gasteiger partial charge on any atom is -0.477 e. The van der Waals surface area contributed by atoms with E-state index in [0.717, 1.165) is 15.3 Å². The van der Waals surface area contributed by atoms with Crippen molar-refractivity contribution < 1.29 is 19.5 Å². The Hall–Kier alpha value is -3.26. The first-order valence-corrected chi connectivity index (χ1v) is 8.61. The molecule has 0 spiro atoms. The zero-order chi connectivity index (χ0) is 17.9. The molecule has 4 rings (SSSR count). The first kappa shape index (κ1) is 16.2. The smallest absolute Gasteiger partial charge is 0.354 e. The van der Waals surface area contributed by atoms with Crippen LogP contribution in [0.3, 0.4) is 0 Å². The lowest BCUT2D eigenvalue weighted by molar-refractivity contribution is 0.0690. The van der Waals surface area contributed by atoms with Crippen molar-refractivity contribution in [3.8, 4) is 16.2 Å². The number of carboxylic acids is 1. The topological polar surface area (TPSA) is 93.9 Å². The molecule has 0 saturated heterocycles. The maximum absolute atomic E-state index is 10.8. The second-order valence-corrected chi connectivity index (χ2v) is 6.63. The van der Waals surface area contributed by atoms with Gasteiger partial charge in [-0.1, -0.05) is 11.2 Å². The fourth-order valence-corrected chi connectivity index (χ4v) is 3.48. The summed E-state index contributed by atoms with van der Waals surface area (Å²) in [6.07, 6.45) is 5.21. The van der Waals surface area contributed by atoms with E-state index < -0.39 is 5.97 Å². The third kappa shape index (κ3) is 3.40. The molecule has 26 heavy (non-hydrogen) atoms. The fraction of sp³-hybridized carbons (Fsp3) is 0.111. The molecule has 8 heteroatoms. The van der Waals surface area contributed by atoms with Crippen molar-refractivity contribution >= 4 is 23.2 Å². The van der Waals surface area contributed by atoms with Gasteiger partial charge in [0.05, 0.1) is 12.6 Å². The fourth-order valence-electron chi connectivity index (χ4n) is 2.46. The average molecular weight is 367 g/mol. The molecule has 1 N–H and O–H groups in total. The SMILES string of the molecule is O=C(O)c1ccc(OC2=NO[C@@H](c3ccc(-c4cccnc4)s3)C2)cn1. The highest BCUT2D eigenvalue weighted by molar-refractivity contribution is 7.15. The number of hydrogen-bond donors (Lipinski definition) is 1. The van der Waals surface area contributed by atoms with Crippen LogP contribution in [0.1, 0.15) is 27.9 Å². The highest BCUT2D eigenvalue weighted by Gasteiger charge is 2.26. The van der Waals surface area contributed by atoms with Gasteiger partial charge >= 0.3 is 5.97 Å². The second kappa shape index (κ2) is 6.93. The van der Waals surface area contributed by atoms with Crippen molar-refractivity contribution in [2.24, 2.45) is 5.16 Å². The Kier molecular flexibility index (Phi) is 4.32. The summed E-state index contributed by atoms with van der Waals surface area (Å²) in [7, 11) is 0. The summed E-state index contributed by atoms with van der Waals surface area (Å²) in [6, 6.07) is 10.9. The van der Waals surface area contributed by atoms with Crippen molar-refractivity contribution in [2.75, 3.05) is 0 Å². The van der Waals surface area contributed by atoms with E-state index in [2.05, 4.69) is 15.1 Å². The Morgan fingerprint density at radius 2 is 2.15 bits per heavy atom. The van der Waals surface area contributed by atoms with E-state index in [4.69, 9.17) is 14.7 Å². The number of ether oxygens (including phenoxy) is 1. The number of thiophene rings is 1. The van der Waals surface area contributed by atoms with Gasteiger partial charge < -0.3 is 14.7 Å². The second-order valence-electron chi connectivity index (χ2n) is 5.51. The van der Waals surface area contributed by atoms with E-state index in [1.165, 1.54) is 18.3 Å². The predicted molar refractivity (Wildman–Crippen MR) is 95.3 cm³/mol. The summed E-state index contributed by atoms with van der Waals surface area (Å²) in [5.41, 5.74) is 1.02.